The largest absolute Gasteiger partial charge is 0.383 e. The number of methoxy groups -OCH3 is 1. The second-order valence-corrected chi connectivity index (χ2v) is 6.24. The Morgan fingerprint density at radius 2 is 2.10 bits per heavy atom. The van der Waals surface area contributed by atoms with Gasteiger partial charge in [0.1, 0.15) is 0 Å². The number of ketones is 1. The Morgan fingerprint density at radius 3 is 2.65 bits per heavy atom. The molecule has 112 valence electrons. The van der Waals surface area contributed by atoms with Crippen molar-refractivity contribution >= 4 is 33.3 Å². The average molecular weight is 363 g/mol. The highest BCUT2D eigenvalue weighted by molar-refractivity contribution is 9.10. The molecular formula is C15H21BrClNO2. The van der Waals surface area contributed by atoms with Crippen molar-refractivity contribution in [3.05, 3.63) is 33.3 Å². The zero-order valence-electron chi connectivity index (χ0n) is 12.2. The number of hydrogen-bond donors (Lipinski definition) is 0. The van der Waals surface area contributed by atoms with Gasteiger partial charge in [-0.2, -0.15) is 0 Å². The number of hydrogen-bond acceptors (Lipinski definition) is 3. The van der Waals surface area contributed by atoms with Crippen molar-refractivity contribution in [3.63, 3.8) is 0 Å². The molecule has 0 aliphatic rings. The minimum absolute atomic E-state index is 0.0746. The molecule has 0 aliphatic carbocycles. The van der Waals surface area contributed by atoms with Gasteiger partial charge in [0.25, 0.3) is 0 Å². The Kier molecular flexibility index (Phi) is 7.74. The van der Waals surface area contributed by atoms with Crippen LogP contribution in [0.5, 0.6) is 0 Å². The van der Waals surface area contributed by atoms with Gasteiger partial charge in [0.2, 0.25) is 0 Å². The molecule has 0 atom stereocenters. The zero-order valence-corrected chi connectivity index (χ0v) is 14.5. The standard InChI is InChI=1S/C15H21BrClNO2/c1-11(2)18(8-9-20-3)7-6-15(19)13-5-4-12(16)10-14(13)17/h4-5,10-11H,6-9H2,1-3H3. The highest BCUT2D eigenvalue weighted by Crippen LogP contribution is 2.22. The number of carbonyl (C=O) groups is 1. The summed E-state index contributed by atoms with van der Waals surface area (Å²) in [5.74, 6) is 0.0746. The molecular weight excluding hydrogens is 342 g/mol. The van der Waals surface area contributed by atoms with E-state index in [9.17, 15) is 4.79 Å². The van der Waals surface area contributed by atoms with Crippen LogP contribution in [0, 0.1) is 0 Å². The average Bonchev–Trinajstić information content (AvgIpc) is 2.38. The smallest absolute Gasteiger partial charge is 0.165 e. The number of nitrogens with zero attached hydrogens (tertiary/aromatic N) is 1. The van der Waals surface area contributed by atoms with Crippen LogP contribution in [-0.4, -0.2) is 43.5 Å². The van der Waals surface area contributed by atoms with Crippen LogP contribution in [0.15, 0.2) is 22.7 Å². The lowest BCUT2D eigenvalue weighted by Gasteiger charge is -2.25. The molecule has 0 fully saturated rings. The fourth-order valence-corrected chi connectivity index (χ4v) is 2.71. The summed E-state index contributed by atoms with van der Waals surface area (Å²) in [6.07, 6.45) is 0.462. The Balaban J connectivity index is 2.60. The van der Waals surface area contributed by atoms with E-state index in [2.05, 4.69) is 34.7 Å². The maximum atomic E-state index is 12.2. The molecule has 0 amide bonds. The third kappa shape index (κ3) is 5.52. The molecule has 0 saturated carbocycles. The predicted octanol–water partition coefficient (Wildman–Crippen LogP) is 4.03. The third-order valence-electron chi connectivity index (χ3n) is 3.17. The van der Waals surface area contributed by atoms with E-state index in [0.717, 1.165) is 11.0 Å². The first-order chi connectivity index (χ1) is 9.45. The van der Waals surface area contributed by atoms with Gasteiger partial charge in [-0.05, 0) is 32.0 Å². The second kappa shape index (κ2) is 8.78. The molecule has 0 radical (unpaired) electrons. The van der Waals surface area contributed by atoms with Gasteiger partial charge in [0, 0.05) is 42.7 Å². The molecule has 1 rings (SSSR count). The van der Waals surface area contributed by atoms with Gasteiger partial charge in [-0.3, -0.25) is 9.69 Å². The van der Waals surface area contributed by atoms with Crippen molar-refractivity contribution in [1.29, 1.82) is 0 Å². The van der Waals surface area contributed by atoms with Crippen LogP contribution in [0.1, 0.15) is 30.6 Å². The molecule has 0 saturated heterocycles. The summed E-state index contributed by atoms with van der Waals surface area (Å²) >= 11 is 9.44. The molecule has 0 aromatic heterocycles. The van der Waals surface area contributed by atoms with Crippen molar-refractivity contribution in [2.45, 2.75) is 26.3 Å². The van der Waals surface area contributed by atoms with Gasteiger partial charge in [-0.25, -0.2) is 0 Å². The fourth-order valence-electron chi connectivity index (χ4n) is 1.93. The van der Waals surface area contributed by atoms with Gasteiger partial charge in [-0.15, -0.1) is 0 Å². The molecule has 0 spiro atoms. The van der Waals surface area contributed by atoms with Gasteiger partial charge < -0.3 is 4.74 Å². The molecule has 0 N–H and O–H groups in total. The predicted molar refractivity (Wildman–Crippen MR) is 86.7 cm³/mol. The highest BCUT2D eigenvalue weighted by atomic mass is 79.9. The monoisotopic (exact) mass is 361 g/mol. The second-order valence-electron chi connectivity index (χ2n) is 4.92. The van der Waals surface area contributed by atoms with Crippen LogP contribution < -0.4 is 0 Å². The van der Waals surface area contributed by atoms with Crippen molar-refractivity contribution in [2.24, 2.45) is 0 Å². The SMILES string of the molecule is COCCN(CCC(=O)c1ccc(Br)cc1Cl)C(C)C. The van der Waals surface area contributed by atoms with Crippen LogP contribution >= 0.6 is 27.5 Å². The van der Waals surface area contributed by atoms with Crippen LogP contribution in [0.3, 0.4) is 0 Å². The van der Waals surface area contributed by atoms with Crippen molar-refractivity contribution < 1.29 is 9.53 Å². The third-order valence-corrected chi connectivity index (χ3v) is 3.98. The molecule has 0 aliphatic heterocycles. The zero-order chi connectivity index (χ0) is 15.1. The van der Waals surface area contributed by atoms with E-state index in [1.807, 2.05) is 6.07 Å². The molecule has 5 heteroatoms. The van der Waals surface area contributed by atoms with Gasteiger partial charge in [0.15, 0.2) is 5.78 Å². The van der Waals surface area contributed by atoms with E-state index in [4.69, 9.17) is 16.3 Å². The Labute approximate surface area is 134 Å². The quantitative estimate of drug-likeness (QED) is 0.654. The fraction of sp³-hybridized carbons (Fsp3) is 0.533. The summed E-state index contributed by atoms with van der Waals surface area (Å²) in [6.45, 7) is 6.45. The normalized spacial score (nSPS) is 11.3. The first kappa shape index (κ1) is 17.6. The lowest BCUT2D eigenvalue weighted by Crippen LogP contribution is -2.35. The van der Waals surface area contributed by atoms with E-state index < -0.39 is 0 Å². The first-order valence-corrected chi connectivity index (χ1v) is 7.84. The Hall–Kier alpha value is -0.420. The summed E-state index contributed by atoms with van der Waals surface area (Å²) in [7, 11) is 1.69. The maximum Gasteiger partial charge on any atom is 0.165 e. The number of carbonyl (C=O) groups excluding carboxylic acids is 1. The van der Waals surface area contributed by atoms with E-state index >= 15 is 0 Å². The molecule has 1 aromatic carbocycles. The van der Waals surface area contributed by atoms with Crippen LogP contribution in [0.25, 0.3) is 0 Å². The van der Waals surface area contributed by atoms with E-state index in [1.165, 1.54) is 0 Å². The van der Waals surface area contributed by atoms with Crippen molar-refractivity contribution in [3.8, 4) is 0 Å². The summed E-state index contributed by atoms with van der Waals surface area (Å²) in [5.41, 5.74) is 0.588. The summed E-state index contributed by atoms with van der Waals surface area (Å²) in [6, 6.07) is 5.74. The summed E-state index contributed by atoms with van der Waals surface area (Å²) < 4.78 is 5.97. The summed E-state index contributed by atoms with van der Waals surface area (Å²) in [4.78, 5) is 14.5. The molecule has 0 heterocycles. The summed E-state index contributed by atoms with van der Waals surface area (Å²) in [5, 5.41) is 0.498. The van der Waals surface area contributed by atoms with E-state index in [-0.39, 0.29) is 5.78 Å². The number of ether oxygens (including phenoxy) is 1. The van der Waals surface area contributed by atoms with Crippen molar-refractivity contribution in [2.75, 3.05) is 26.8 Å². The lowest BCUT2D eigenvalue weighted by molar-refractivity contribution is 0.0927. The molecule has 20 heavy (non-hydrogen) atoms. The maximum absolute atomic E-state index is 12.2. The van der Waals surface area contributed by atoms with Gasteiger partial charge in [-0.1, -0.05) is 27.5 Å². The topological polar surface area (TPSA) is 29.5 Å². The lowest BCUT2D eigenvalue weighted by atomic mass is 10.1. The number of benzene rings is 1. The number of halogens is 2. The number of Topliss-reactive ketones (excluding diaryl/α,β-unsaturated/α-hetero) is 1. The molecule has 3 nitrogen and oxygen atoms in total. The van der Waals surface area contributed by atoms with Crippen molar-refractivity contribution in [1.82, 2.24) is 4.90 Å². The Morgan fingerprint density at radius 1 is 1.40 bits per heavy atom. The van der Waals surface area contributed by atoms with Crippen LogP contribution in [-0.2, 0) is 4.74 Å². The Bertz CT molecular complexity index is 451. The first-order valence-electron chi connectivity index (χ1n) is 6.67. The van der Waals surface area contributed by atoms with Crippen LogP contribution in [0.2, 0.25) is 5.02 Å². The minimum Gasteiger partial charge on any atom is -0.383 e. The van der Waals surface area contributed by atoms with Gasteiger partial charge >= 0.3 is 0 Å². The van der Waals surface area contributed by atoms with E-state index in [0.29, 0.717) is 36.2 Å². The molecule has 1 aromatic rings. The van der Waals surface area contributed by atoms with Crippen LogP contribution in [0.4, 0.5) is 0 Å². The highest BCUT2D eigenvalue weighted by Gasteiger charge is 2.14. The minimum atomic E-state index is 0.0746. The van der Waals surface area contributed by atoms with Gasteiger partial charge in [0.05, 0.1) is 11.6 Å². The van der Waals surface area contributed by atoms with E-state index in [1.54, 1.807) is 19.2 Å². The number of rotatable bonds is 8. The molecule has 0 bridgehead atoms. The molecule has 0 unspecified atom stereocenters.